The number of fused-ring (bicyclic) bond motifs is 1. The van der Waals surface area contributed by atoms with Crippen molar-refractivity contribution in [2.45, 2.75) is 5.16 Å². The molecule has 5 nitrogen and oxygen atoms in total. The minimum atomic E-state index is -0.916. The number of hydrogen-bond acceptors (Lipinski definition) is 4. The zero-order valence-electron chi connectivity index (χ0n) is 8.75. The lowest BCUT2D eigenvalue weighted by Gasteiger charge is -1.98. The van der Waals surface area contributed by atoms with Crippen LogP contribution in [0.2, 0.25) is 0 Å². The molecule has 0 amide bonds. The summed E-state index contributed by atoms with van der Waals surface area (Å²) in [7, 11) is 0. The molecule has 0 unspecified atom stereocenters. The Hall–Kier alpha value is -1.95. The maximum absolute atomic E-state index is 10.7. The second-order valence-electron chi connectivity index (χ2n) is 3.61. The summed E-state index contributed by atoms with van der Waals surface area (Å²) < 4.78 is 1.88. The number of imidazole rings is 1. The second-order valence-corrected chi connectivity index (χ2v) is 4.55. The van der Waals surface area contributed by atoms with Gasteiger partial charge in [0.1, 0.15) is 0 Å². The first-order valence-corrected chi connectivity index (χ1v) is 6.02. The van der Waals surface area contributed by atoms with Crippen LogP contribution in [0.25, 0.3) is 11.3 Å². The number of thioether (sulfide) groups is 1. The van der Waals surface area contributed by atoms with Crippen molar-refractivity contribution < 1.29 is 9.90 Å². The van der Waals surface area contributed by atoms with Crippen molar-refractivity contribution in [3.8, 4) is 11.3 Å². The molecule has 0 bridgehead atoms. The van der Waals surface area contributed by atoms with Crippen LogP contribution in [-0.2, 0) is 0 Å². The zero-order valence-corrected chi connectivity index (χ0v) is 9.57. The van der Waals surface area contributed by atoms with E-state index in [4.69, 9.17) is 5.11 Å². The number of nitrogens with zero attached hydrogens (tertiary/aromatic N) is 2. The van der Waals surface area contributed by atoms with Gasteiger partial charge in [-0.1, -0.05) is 23.9 Å². The molecule has 0 spiro atoms. The average Bonchev–Trinajstić information content (AvgIpc) is 2.89. The second kappa shape index (κ2) is 3.81. The summed E-state index contributed by atoms with van der Waals surface area (Å²) >= 11 is 1.64. The molecule has 0 saturated carbocycles. The van der Waals surface area contributed by atoms with Crippen LogP contribution in [0.3, 0.4) is 0 Å². The van der Waals surface area contributed by atoms with E-state index in [9.17, 15) is 4.79 Å². The Kier molecular flexibility index (Phi) is 2.29. The summed E-state index contributed by atoms with van der Waals surface area (Å²) in [6.45, 7) is 0. The summed E-state index contributed by atoms with van der Waals surface area (Å²) in [4.78, 5) is 15.2. The number of aromatic nitrogens is 2. The molecule has 2 aromatic rings. The standard InChI is InChI=1S/C11H9N3O2S/c15-10(16)8-3-1-7(2-4-8)9-5-14-11(13-9)17-6-12-14/h1-5,12H,6H2,(H,15,16). The van der Waals surface area contributed by atoms with Crippen molar-refractivity contribution in [2.75, 3.05) is 11.3 Å². The van der Waals surface area contributed by atoms with E-state index in [0.29, 0.717) is 0 Å². The van der Waals surface area contributed by atoms with Crippen LogP contribution in [0, 0.1) is 0 Å². The SMILES string of the molecule is O=C(O)c1ccc(-c2cn3c(n2)SCN3)cc1. The van der Waals surface area contributed by atoms with Crippen LogP contribution in [0.1, 0.15) is 10.4 Å². The summed E-state index contributed by atoms with van der Waals surface area (Å²) in [6.07, 6.45) is 1.91. The Labute approximate surface area is 101 Å². The van der Waals surface area contributed by atoms with E-state index >= 15 is 0 Å². The molecule has 1 aliphatic heterocycles. The van der Waals surface area contributed by atoms with Gasteiger partial charge in [-0.15, -0.1) is 0 Å². The number of carboxylic acid groups (broad SMARTS) is 1. The molecule has 17 heavy (non-hydrogen) atoms. The first kappa shape index (κ1) is 10.2. The lowest BCUT2D eigenvalue weighted by Crippen LogP contribution is -2.04. The van der Waals surface area contributed by atoms with E-state index in [1.165, 1.54) is 0 Å². The smallest absolute Gasteiger partial charge is 0.335 e. The van der Waals surface area contributed by atoms with Crippen LogP contribution >= 0.6 is 11.8 Å². The molecule has 0 radical (unpaired) electrons. The first-order valence-electron chi connectivity index (χ1n) is 5.04. The molecule has 6 heteroatoms. The highest BCUT2D eigenvalue weighted by Gasteiger charge is 2.14. The molecule has 86 valence electrons. The van der Waals surface area contributed by atoms with Crippen molar-refractivity contribution in [3.05, 3.63) is 36.0 Å². The van der Waals surface area contributed by atoms with Gasteiger partial charge < -0.3 is 10.5 Å². The lowest BCUT2D eigenvalue weighted by molar-refractivity contribution is 0.0697. The van der Waals surface area contributed by atoms with Gasteiger partial charge in [-0.2, -0.15) is 0 Å². The zero-order chi connectivity index (χ0) is 11.8. The van der Waals surface area contributed by atoms with Gasteiger partial charge in [-0.3, -0.25) is 0 Å². The molecule has 0 fully saturated rings. The molecule has 2 N–H and O–H groups in total. The highest BCUT2D eigenvalue weighted by Crippen LogP contribution is 2.26. The molecule has 0 atom stereocenters. The van der Waals surface area contributed by atoms with E-state index < -0.39 is 5.97 Å². The fourth-order valence-corrected chi connectivity index (χ4v) is 2.42. The van der Waals surface area contributed by atoms with Crippen molar-refractivity contribution in [1.29, 1.82) is 0 Å². The van der Waals surface area contributed by atoms with Gasteiger partial charge in [0.05, 0.1) is 23.3 Å². The van der Waals surface area contributed by atoms with Crippen molar-refractivity contribution in [1.82, 2.24) is 9.66 Å². The predicted molar refractivity (Wildman–Crippen MR) is 64.7 cm³/mol. The van der Waals surface area contributed by atoms with Crippen molar-refractivity contribution in [3.63, 3.8) is 0 Å². The maximum atomic E-state index is 10.7. The van der Waals surface area contributed by atoms with Gasteiger partial charge in [0, 0.05) is 5.56 Å². The Morgan fingerprint density at radius 2 is 2.18 bits per heavy atom. The fraction of sp³-hybridized carbons (Fsp3) is 0.0909. The molecule has 1 aromatic carbocycles. The number of rotatable bonds is 2. The van der Waals surface area contributed by atoms with Crippen LogP contribution in [-0.4, -0.2) is 26.6 Å². The van der Waals surface area contributed by atoms with Gasteiger partial charge in [-0.05, 0) is 12.1 Å². The van der Waals surface area contributed by atoms with E-state index in [1.807, 2.05) is 10.9 Å². The molecule has 0 saturated heterocycles. The molecule has 1 aromatic heterocycles. The highest BCUT2D eigenvalue weighted by molar-refractivity contribution is 7.99. The van der Waals surface area contributed by atoms with E-state index in [0.717, 1.165) is 22.3 Å². The van der Waals surface area contributed by atoms with Crippen LogP contribution < -0.4 is 5.43 Å². The largest absolute Gasteiger partial charge is 0.478 e. The predicted octanol–water partition coefficient (Wildman–Crippen LogP) is 1.85. The molecule has 3 rings (SSSR count). The molecular formula is C11H9N3O2S. The quantitative estimate of drug-likeness (QED) is 0.847. The van der Waals surface area contributed by atoms with Gasteiger partial charge in [0.2, 0.25) is 0 Å². The van der Waals surface area contributed by atoms with E-state index in [-0.39, 0.29) is 5.56 Å². The van der Waals surface area contributed by atoms with E-state index in [1.54, 1.807) is 36.0 Å². The van der Waals surface area contributed by atoms with Gasteiger partial charge in [0.15, 0.2) is 5.16 Å². The Balaban J connectivity index is 1.95. The number of aromatic carboxylic acids is 1. The van der Waals surface area contributed by atoms with Crippen molar-refractivity contribution in [2.24, 2.45) is 0 Å². The third-order valence-corrected chi connectivity index (χ3v) is 3.36. The summed E-state index contributed by atoms with van der Waals surface area (Å²) in [5.74, 6) is -0.0817. The molecule has 0 aliphatic carbocycles. The van der Waals surface area contributed by atoms with Gasteiger partial charge >= 0.3 is 5.97 Å². The third-order valence-electron chi connectivity index (χ3n) is 2.54. The molecular weight excluding hydrogens is 238 g/mol. The third kappa shape index (κ3) is 1.76. The van der Waals surface area contributed by atoms with E-state index in [2.05, 4.69) is 10.4 Å². The summed E-state index contributed by atoms with van der Waals surface area (Å²) in [5.41, 5.74) is 5.19. The average molecular weight is 247 g/mol. The summed E-state index contributed by atoms with van der Waals surface area (Å²) in [6, 6.07) is 6.71. The minimum absolute atomic E-state index is 0.285. The van der Waals surface area contributed by atoms with Crippen LogP contribution in [0.15, 0.2) is 35.6 Å². The number of nitrogens with one attached hydrogen (secondary N) is 1. The van der Waals surface area contributed by atoms with Gasteiger partial charge in [0.25, 0.3) is 0 Å². The Morgan fingerprint density at radius 3 is 2.82 bits per heavy atom. The first-order chi connectivity index (χ1) is 8.24. The van der Waals surface area contributed by atoms with Gasteiger partial charge in [-0.25, -0.2) is 14.5 Å². The minimum Gasteiger partial charge on any atom is -0.478 e. The van der Waals surface area contributed by atoms with Crippen molar-refractivity contribution >= 4 is 17.7 Å². The van der Waals surface area contributed by atoms with Crippen LogP contribution in [0.5, 0.6) is 0 Å². The number of carbonyl (C=O) groups is 1. The topological polar surface area (TPSA) is 67.1 Å². The number of carboxylic acids is 1. The van der Waals surface area contributed by atoms with Crippen LogP contribution in [0.4, 0.5) is 0 Å². The summed E-state index contributed by atoms with van der Waals surface area (Å²) in [5, 5.41) is 9.74. The number of benzene rings is 1. The Bertz CT molecular complexity index is 555. The fourth-order valence-electron chi connectivity index (χ4n) is 1.67. The molecule has 2 heterocycles. The lowest BCUT2D eigenvalue weighted by atomic mass is 10.1. The number of hydrogen-bond donors (Lipinski definition) is 2. The molecule has 1 aliphatic rings. The monoisotopic (exact) mass is 247 g/mol. The highest BCUT2D eigenvalue weighted by atomic mass is 32.2. The maximum Gasteiger partial charge on any atom is 0.335 e. The normalized spacial score (nSPS) is 13.2. The Morgan fingerprint density at radius 1 is 1.41 bits per heavy atom.